The van der Waals surface area contributed by atoms with Gasteiger partial charge >= 0.3 is 0 Å². The van der Waals surface area contributed by atoms with E-state index in [1.54, 1.807) is 0 Å². The molecule has 4 heteroatoms. The molecule has 2 heterocycles. The Balaban J connectivity index is 1.40. The molecule has 1 aliphatic heterocycles. The van der Waals surface area contributed by atoms with Gasteiger partial charge in [-0.2, -0.15) is 0 Å². The minimum atomic E-state index is 0.690. The smallest absolute Gasteiger partial charge is 0.108 e. The summed E-state index contributed by atoms with van der Waals surface area (Å²) in [5, 5.41) is 3.52. The van der Waals surface area contributed by atoms with Crippen molar-refractivity contribution in [2.75, 3.05) is 26.7 Å². The van der Waals surface area contributed by atoms with Crippen molar-refractivity contribution in [1.82, 2.24) is 19.8 Å². The highest BCUT2D eigenvalue weighted by Crippen LogP contribution is 2.44. The van der Waals surface area contributed by atoms with Crippen LogP contribution in [0.15, 0.2) is 12.4 Å². The Morgan fingerprint density at radius 3 is 2.64 bits per heavy atom. The molecule has 1 aromatic heterocycles. The maximum absolute atomic E-state index is 4.42. The van der Waals surface area contributed by atoms with Crippen molar-refractivity contribution in [2.45, 2.75) is 57.4 Å². The van der Waals surface area contributed by atoms with E-state index in [1.807, 2.05) is 12.4 Å². The first-order chi connectivity index (χ1) is 10.7. The zero-order valence-electron chi connectivity index (χ0n) is 14.4. The molecule has 1 aliphatic carbocycles. The average Bonchev–Trinajstić information content (AvgIpc) is 2.94. The molecule has 0 amide bonds. The van der Waals surface area contributed by atoms with Crippen LogP contribution in [0.5, 0.6) is 0 Å². The van der Waals surface area contributed by atoms with Crippen molar-refractivity contribution in [3.63, 3.8) is 0 Å². The fourth-order valence-corrected chi connectivity index (χ4v) is 4.42. The molecule has 1 saturated carbocycles. The molecule has 0 atom stereocenters. The van der Waals surface area contributed by atoms with Gasteiger partial charge in [-0.1, -0.05) is 0 Å². The largest absolute Gasteiger partial charge is 0.338 e. The van der Waals surface area contributed by atoms with Gasteiger partial charge < -0.3 is 14.8 Å². The molecule has 0 radical (unpaired) electrons. The van der Waals surface area contributed by atoms with E-state index in [1.165, 1.54) is 70.4 Å². The van der Waals surface area contributed by atoms with Crippen LogP contribution in [0.3, 0.4) is 0 Å². The third-order valence-corrected chi connectivity index (χ3v) is 6.14. The predicted octanol–water partition coefficient (Wildman–Crippen LogP) is 2.60. The van der Waals surface area contributed by atoms with E-state index in [-0.39, 0.29) is 0 Å². The zero-order valence-corrected chi connectivity index (χ0v) is 14.4. The lowest BCUT2D eigenvalue weighted by atomic mass is 9.67. The molecule has 0 unspecified atom stereocenters. The van der Waals surface area contributed by atoms with Crippen molar-refractivity contribution in [3.8, 4) is 0 Å². The van der Waals surface area contributed by atoms with Crippen LogP contribution < -0.4 is 5.32 Å². The molecule has 1 N–H and O–H groups in total. The normalized spacial score (nSPS) is 22.5. The number of nitrogens with zero attached hydrogens (tertiary/aromatic N) is 3. The van der Waals surface area contributed by atoms with Crippen LogP contribution in [-0.4, -0.2) is 47.2 Å². The van der Waals surface area contributed by atoms with Gasteiger partial charge in [0.15, 0.2) is 0 Å². The van der Waals surface area contributed by atoms with Gasteiger partial charge in [-0.25, -0.2) is 4.98 Å². The quantitative estimate of drug-likeness (QED) is 0.908. The van der Waals surface area contributed by atoms with E-state index < -0.39 is 0 Å². The van der Waals surface area contributed by atoms with Crippen molar-refractivity contribution in [1.29, 1.82) is 0 Å². The maximum atomic E-state index is 4.42. The number of hydrogen-bond donors (Lipinski definition) is 1. The summed E-state index contributed by atoms with van der Waals surface area (Å²) in [6.45, 7) is 3.68. The summed E-state index contributed by atoms with van der Waals surface area (Å²) in [5.74, 6) is 1.21. The molecule has 124 valence electrons. The molecule has 2 aliphatic rings. The minimum Gasteiger partial charge on any atom is -0.338 e. The second-order valence-corrected chi connectivity index (χ2v) is 7.52. The predicted molar refractivity (Wildman–Crippen MR) is 91.0 cm³/mol. The monoisotopic (exact) mass is 304 g/mol. The molecule has 1 spiro atoms. The Morgan fingerprint density at radius 1 is 1.27 bits per heavy atom. The van der Waals surface area contributed by atoms with Crippen molar-refractivity contribution >= 4 is 0 Å². The third kappa shape index (κ3) is 3.72. The van der Waals surface area contributed by atoms with Crippen LogP contribution >= 0.6 is 0 Å². The minimum absolute atomic E-state index is 0.690. The molecule has 0 bridgehead atoms. The number of aryl methyl sites for hydroxylation is 2. The number of imidazole rings is 1. The maximum Gasteiger partial charge on any atom is 0.108 e. The Morgan fingerprint density at radius 2 is 2.00 bits per heavy atom. The Bertz CT molecular complexity index is 451. The van der Waals surface area contributed by atoms with E-state index in [0.717, 1.165) is 12.5 Å². The van der Waals surface area contributed by atoms with Crippen molar-refractivity contribution in [3.05, 3.63) is 18.2 Å². The van der Waals surface area contributed by atoms with Crippen LogP contribution in [0.1, 0.15) is 50.8 Å². The summed E-state index contributed by atoms with van der Waals surface area (Å²) >= 11 is 0. The first-order valence-corrected chi connectivity index (χ1v) is 9.06. The van der Waals surface area contributed by atoms with Crippen LogP contribution in [-0.2, 0) is 13.5 Å². The molecule has 22 heavy (non-hydrogen) atoms. The topological polar surface area (TPSA) is 33.1 Å². The highest BCUT2D eigenvalue weighted by molar-refractivity contribution is 4.93. The van der Waals surface area contributed by atoms with Crippen molar-refractivity contribution < 1.29 is 0 Å². The molecule has 4 nitrogen and oxygen atoms in total. The number of piperidine rings is 1. The standard InChI is InChI=1S/C18H32N4/c1-21(14-3-4-17-20-13-15-22(17)2)16-5-7-18(8-6-16)9-11-19-12-10-18/h13,15-16,19H,3-12,14H2,1-2H3. The van der Waals surface area contributed by atoms with Gasteiger partial charge in [0.25, 0.3) is 0 Å². The Labute approximate surface area is 135 Å². The highest BCUT2D eigenvalue weighted by atomic mass is 15.1. The number of aromatic nitrogens is 2. The summed E-state index contributed by atoms with van der Waals surface area (Å²) in [7, 11) is 4.41. The van der Waals surface area contributed by atoms with Gasteiger partial charge in [0.1, 0.15) is 5.82 Å². The van der Waals surface area contributed by atoms with Crippen molar-refractivity contribution in [2.24, 2.45) is 12.5 Å². The fourth-order valence-electron chi connectivity index (χ4n) is 4.42. The molecule has 3 rings (SSSR count). The molecule has 1 saturated heterocycles. The summed E-state index contributed by atoms with van der Waals surface area (Å²) in [4.78, 5) is 7.03. The average molecular weight is 304 g/mol. The van der Waals surface area contributed by atoms with E-state index in [4.69, 9.17) is 0 Å². The van der Waals surface area contributed by atoms with Crippen LogP contribution in [0.2, 0.25) is 0 Å². The fraction of sp³-hybridized carbons (Fsp3) is 0.833. The van der Waals surface area contributed by atoms with Crippen LogP contribution in [0.25, 0.3) is 0 Å². The summed E-state index contributed by atoms with van der Waals surface area (Å²) in [5.41, 5.74) is 0.690. The van der Waals surface area contributed by atoms with E-state index in [0.29, 0.717) is 5.41 Å². The molecule has 2 fully saturated rings. The summed E-state index contributed by atoms with van der Waals surface area (Å²) in [6.07, 6.45) is 14.8. The number of nitrogens with one attached hydrogen (secondary N) is 1. The van der Waals surface area contributed by atoms with Gasteiger partial charge in [0.2, 0.25) is 0 Å². The second-order valence-electron chi connectivity index (χ2n) is 7.52. The first-order valence-electron chi connectivity index (χ1n) is 9.06. The molecule has 1 aromatic rings. The summed E-state index contributed by atoms with van der Waals surface area (Å²) < 4.78 is 2.14. The SMILES string of the molecule is CN(CCCc1nccn1C)C1CCC2(CCNCC2)CC1. The van der Waals surface area contributed by atoms with E-state index in [2.05, 4.69) is 33.9 Å². The Hall–Kier alpha value is -0.870. The number of hydrogen-bond acceptors (Lipinski definition) is 3. The van der Waals surface area contributed by atoms with Gasteiger partial charge in [-0.05, 0) is 77.0 Å². The van der Waals surface area contributed by atoms with E-state index >= 15 is 0 Å². The Kier molecular flexibility index (Phi) is 5.19. The lowest BCUT2D eigenvalue weighted by Gasteiger charge is -2.45. The molecular weight excluding hydrogens is 272 g/mol. The molecule has 0 aromatic carbocycles. The molecular formula is C18H32N4. The van der Waals surface area contributed by atoms with Crippen LogP contribution in [0, 0.1) is 5.41 Å². The zero-order chi connectivity index (χ0) is 15.4. The van der Waals surface area contributed by atoms with Gasteiger partial charge in [-0.3, -0.25) is 0 Å². The second kappa shape index (κ2) is 7.14. The number of rotatable bonds is 5. The van der Waals surface area contributed by atoms with Gasteiger partial charge in [-0.15, -0.1) is 0 Å². The van der Waals surface area contributed by atoms with Gasteiger partial charge in [0.05, 0.1) is 0 Å². The third-order valence-electron chi connectivity index (χ3n) is 6.14. The lowest BCUT2D eigenvalue weighted by Crippen LogP contribution is -2.43. The van der Waals surface area contributed by atoms with E-state index in [9.17, 15) is 0 Å². The van der Waals surface area contributed by atoms with Crippen LogP contribution in [0.4, 0.5) is 0 Å². The summed E-state index contributed by atoms with van der Waals surface area (Å²) in [6, 6.07) is 0.807. The highest BCUT2D eigenvalue weighted by Gasteiger charge is 2.36. The first kappa shape index (κ1) is 16.0. The van der Waals surface area contributed by atoms with Gasteiger partial charge in [0, 0.05) is 31.9 Å². The lowest BCUT2D eigenvalue weighted by molar-refractivity contribution is 0.0762.